The molecule has 1 aromatic carbocycles. The molecule has 2 aliphatic carbocycles. The minimum atomic E-state index is -0.508. The van der Waals surface area contributed by atoms with Gasteiger partial charge in [0.2, 0.25) is 5.91 Å². The lowest BCUT2D eigenvalue weighted by Crippen LogP contribution is -2.37. The summed E-state index contributed by atoms with van der Waals surface area (Å²) in [5.41, 5.74) is 1.87. The molecule has 5 nitrogen and oxygen atoms in total. The Labute approximate surface area is 147 Å². The molecule has 25 heavy (non-hydrogen) atoms. The molecule has 132 valence electrons. The smallest absolute Gasteiger partial charge is 0.265 e. The lowest BCUT2D eigenvalue weighted by Gasteiger charge is -2.37. The van der Waals surface area contributed by atoms with Gasteiger partial charge in [-0.2, -0.15) is 0 Å². The summed E-state index contributed by atoms with van der Waals surface area (Å²) in [6.07, 6.45) is 2.32. The summed E-state index contributed by atoms with van der Waals surface area (Å²) >= 11 is 0. The molecular weight excluding hydrogens is 316 g/mol. The van der Waals surface area contributed by atoms with Crippen molar-refractivity contribution in [2.24, 2.45) is 16.7 Å². The van der Waals surface area contributed by atoms with E-state index < -0.39 is 11.5 Å². The van der Waals surface area contributed by atoms with Crippen LogP contribution >= 0.6 is 0 Å². The summed E-state index contributed by atoms with van der Waals surface area (Å²) in [5.74, 6) is 0.986. The number of ether oxygens (including phenoxy) is 1. The van der Waals surface area contributed by atoms with Crippen molar-refractivity contribution >= 4 is 23.2 Å². The van der Waals surface area contributed by atoms with E-state index in [-0.39, 0.29) is 17.2 Å². The SMILES string of the molecule is C=C1C2(C(=O)Nc3ccc4c(c3)NC(=O)C(C)O4)CCC(C2)C1(C)C. The Morgan fingerprint density at radius 2 is 2.16 bits per heavy atom. The first-order chi connectivity index (χ1) is 11.7. The number of carbonyl (C=O) groups excluding carboxylic acids is 2. The predicted molar refractivity (Wildman–Crippen MR) is 96.5 cm³/mol. The van der Waals surface area contributed by atoms with Gasteiger partial charge < -0.3 is 15.4 Å². The van der Waals surface area contributed by atoms with Crippen LogP contribution < -0.4 is 15.4 Å². The van der Waals surface area contributed by atoms with Gasteiger partial charge in [-0.1, -0.05) is 26.0 Å². The van der Waals surface area contributed by atoms with Gasteiger partial charge in [-0.05, 0) is 55.7 Å². The maximum atomic E-state index is 13.1. The van der Waals surface area contributed by atoms with Crippen LogP contribution in [0.3, 0.4) is 0 Å². The minimum absolute atomic E-state index is 0.0157. The van der Waals surface area contributed by atoms with Crippen LogP contribution in [0.25, 0.3) is 0 Å². The molecule has 2 amide bonds. The van der Waals surface area contributed by atoms with Crippen molar-refractivity contribution in [3.8, 4) is 5.75 Å². The summed E-state index contributed by atoms with van der Waals surface area (Å²) in [6, 6.07) is 5.35. The van der Waals surface area contributed by atoms with Gasteiger partial charge in [-0.3, -0.25) is 9.59 Å². The van der Waals surface area contributed by atoms with Gasteiger partial charge in [0.05, 0.1) is 11.1 Å². The van der Waals surface area contributed by atoms with Crippen molar-refractivity contribution in [1.82, 2.24) is 0 Å². The lowest BCUT2D eigenvalue weighted by molar-refractivity contribution is -0.123. The van der Waals surface area contributed by atoms with E-state index in [0.717, 1.165) is 24.8 Å². The van der Waals surface area contributed by atoms with E-state index in [2.05, 4.69) is 31.1 Å². The number of hydrogen-bond donors (Lipinski definition) is 2. The molecule has 0 radical (unpaired) electrons. The van der Waals surface area contributed by atoms with Crippen LogP contribution in [0.2, 0.25) is 0 Å². The molecule has 2 bridgehead atoms. The molecular formula is C20H24N2O3. The zero-order valence-corrected chi connectivity index (χ0v) is 14.9. The Kier molecular flexibility index (Phi) is 3.30. The third kappa shape index (κ3) is 2.21. The van der Waals surface area contributed by atoms with Crippen LogP contribution in [-0.2, 0) is 9.59 Å². The third-order valence-corrected chi connectivity index (χ3v) is 6.49. The Morgan fingerprint density at radius 3 is 2.84 bits per heavy atom. The van der Waals surface area contributed by atoms with Crippen molar-refractivity contribution < 1.29 is 14.3 Å². The van der Waals surface area contributed by atoms with Crippen LogP contribution in [0.4, 0.5) is 11.4 Å². The molecule has 0 aromatic heterocycles. The molecule has 5 heteroatoms. The van der Waals surface area contributed by atoms with Crippen molar-refractivity contribution in [1.29, 1.82) is 0 Å². The highest BCUT2D eigenvalue weighted by Gasteiger charge is 2.60. The van der Waals surface area contributed by atoms with Crippen LogP contribution in [0.5, 0.6) is 5.75 Å². The zero-order valence-electron chi connectivity index (χ0n) is 14.9. The van der Waals surface area contributed by atoms with E-state index in [4.69, 9.17) is 4.74 Å². The highest BCUT2D eigenvalue weighted by atomic mass is 16.5. The fourth-order valence-corrected chi connectivity index (χ4v) is 4.68. The topological polar surface area (TPSA) is 67.4 Å². The van der Waals surface area contributed by atoms with Gasteiger partial charge in [0, 0.05) is 5.69 Å². The molecule has 1 heterocycles. The van der Waals surface area contributed by atoms with Crippen molar-refractivity contribution in [2.75, 3.05) is 10.6 Å². The van der Waals surface area contributed by atoms with E-state index >= 15 is 0 Å². The molecule has 3 aliphatic rings. The predicted octanol–water partition coefficient (Wildman–Crippen LogP) is 3.73. The number of amides is 2. The fourth-order valence-electron chi connectivity index (χ4n) is 4.68. The Bertz CT molecular complexity index is 798. The highest BCUT2D eigenvalue weighted by Crippen LogP contribution is 2.65. The lowest BCUT2D eigenvalue weighted by atomic mass is 9.68. The van der Waals surface area contributed by atoms with Crippen LogP contribution in [0.1, 0.15) is 40.0 Å². The number of fused-ring (bicyclic) bond motifs is 3. The first-order valence-corrected chi connectivity index (χ1v) is 8.87. The normalized spacial score (nSPS) is 32.0. The molecule has 3 atom stereocenters. The summed E-state index contributed by atoms with van der Waals surface area (Å²) in [7, 11) is 0. The fraction of sp³-hybridized carbons (Fsp3) is 0.500. The molecule has 3 unspecified atom stereocenters. The highest BCUT2D eigenvalue weighted by molar-refractivity contribution is 6.01. The number of benzene rings is 1. The molecule has 0 saturated heterocycles. The summed E-state index contributed by atoms with van der Waals surface area (Å²) in [5, 5.41) is 5.85. The van der Waals surface area contributed by atoms with Gasteiger partial charge in [-0.25, -0.2) is 0 Å². The number of rotatable bonds is 2. The number of anilines is 2. The average molecular weight is 340 g/mol. The van der Waals surface area contributed by atoms with Gasteiger partial charge in [-0.15, -0.1) is 0 Å². The molecule has 2 saturated carbocycles. The number of hydrogen-bond acceptors (Lipinski definition) is 3. The molecule has 4 rings (SSSR count). The van der Waals surface area contributed by atoms with Gasteiger partial charge in [0.25, 0.3) is 5.91 Å². The average Bonchev–Trinajstić information content (AvgIpc) is 3.09. The maximum absolute atomic E-state index is 13.1. The second-order valence-electron chi connectivity index (χ2n) is 8.14. The first-order valence-electron chi connectivity index (χ1n) is 8.87. The second kappa shape index (κ2) is 5.10. The summed E-state index contributed by atoms with van der Waals surface area (Å²) < 4.78 is 5.56. The number of carbonyl (C=O) groups is 2. The Balaban J connectivity index is 1.57. The van der Waals surface area contributed by atoms with Crippen molar-refractivity contribution in [3.63, 3.8) is 0 Å². The largest absolute Gasteiger partial charge is 0.479 e. The van der Waals surface area contributed by atoms with Gasteiger partial charge in [0.15, 0.2) is 6.10 Å². The second-order valence-corrected chi connectivity index (χ2v) is 8.14. The van der Waals surface area contributed by atoms with E-state index in [1.54, 1.807) is 19.1 Å². The molecule has 0 spiro atoms. The van der Waals surface area contributed by atoms with Crippen LogP contribution in [-0.4, -0.2) is 17.9 Å². The molecule has 2 N–H and O–H groups in total. The van der Waals surface area contributed by atoms with Gasteiger partial charge in [0.1, 0.15) is 5.75 Å². The third-order valence-electron chi connectivity index (χ3n) is 6.49. The quantitative estimate of drug-likeness (QED) is 0.806. The van der Waals surface area contributed by atoms with Crippen LogP contribution in [0, 0.1) is 16.7 Å². The molecule has 2 fully saturated rings. The van der Waals surface area contributed by atoms with Gasteiger partial charge >= 0.3 is 0 Å². The maximum Gasteiger partial charge on any atom is 0.265 e. The summed E-state index contributed by atoms with van der Waals surface area (Å²) in [6.45, 7) is 10.4. The monoisotopic (exact) mass is 340 g/mol. The van der Waals surface area contributed by atoms with Crippen molar-refractivity contribution in [2.45, 2.75) is 46.1 Å². The van der Waals surface area contributed by atoms with Crippen molar-refractivity contribution in [3.05, 3.63) is 30.4 Å². The van der Waals surface area contributed by atoms with Crippen LogP contribution in [0.15, 0.2) is 30.4 Å². The Morgan fingerprint density at radius 1 is 1.40 bits per heavy atom. The minimum Gasteiger partial charge on any atom is -0.479 e. The zero-order chi connectivity index (χ0) is 18.0. The standard InChI is InChI=1S/C20H24N2O3/c1-11-17(23)22-15-9-14(5-6-16(15)25-11)21-18(24)20-8-7-13(10-20)19(3,4)12(20)2/h5-6,9,11,13H,2,7-8,10H2,1,3-4H3,(H,21,24)(H,22,23). The molecule has 1 aromatic rings. The van der Waals surface area contributed by atoms with E-state index in [0.29, 0.717) is 23.0 Å². The Hall–Kier alpha value is -2.30. The number of nitrogens with one attached hydrogen (secondary N) is 2. The molecule has 1 aliphatic heterocycles. The first kappa shape index (κ1) is 16.2. The van der Waals surface area contributed by atoms with E-state index in [1.807, 2.05) is 6.07 Å². The van der Waals surface area contributed by atoms with E-state index in [1.165, 1.54) is 0 Å². The summed E-state index contributed by atoms with van der Waals surface area (Å²) in [4.78, 5) is 24.9. The van der Waals surface area contributed by atoms with E-state index in [9.17, 15) is 9.59 Å².